The Kier molecular flexibility index (Phi) is 10.8. The molecule has 1 aromatic carbocycles. The predicted molar refractivity (Wildman–Crippen MR) is 109 cm³/mol. The minimum Gasteiger partial charge on any atom is -0.465 e. The molecular weight excluding hydrogens is 340 g/mol. The van der Waals surface area contributed by atoms with Crippen molar-refractivity contribution in [3.05, 3.63) is 29.8 Å². The summed E-state index contributed by atoms with van der Waals surface area (Å²) in [7, 11) is 0. The zero-order valence-corrected chi connectivity index (χ0v) is 17.5. The first kappa shape index (κ1) is 23.2. The lowest BCUT2D eigenvalue weighted by atomic mass is 9.82. The van der Waals surface area contributed by atoms with Crippen molar-refractivity contribution in [2.24, 2.45) is 5.41 Å². The van der Waals surface area contributed by atoms with Gasteiger partial charge in [0.2, 0.25) is 0 Å². The zero-order chi connectivity index (χ0) is 20.1. The molecule has 0 unspecified atom stereocenters. The van der Waals surface area contributed by atoms with E-state index in [1.165, 1.54) is 19.3 Å². The van der Waals surface area contributed by atoms with Gasteiger partial charge in [0.15, 0.2) is 5.41 Å². The van der Waals surface area contributed by atoms with E-state index in [4.69, 9.17) is 9.47 Å². The SMILES string of the molecule is CCCCCCCCOC(=O)C(CC)(CC)C(=O)Oc1cccc(CC)c1. The third-order valence-electron chi connectivity index (χ3n) is 5.24. The Labute approximate surface area is 164 Å². The van der Waals surface area contributed by atoms with Crippen molar-refractivity contribution in [3.63, 3.8) is 0 Å². The molecule has 0 amide bonds. The van der Waals surface area contributed by atoms with Crippen LogP contribution in [0.25, 0.3) is 0 Å². The number of unbranched alkanes of at least 4 members (excludes halogenated alkanes) is 5. The minimum atomic E-state index is -1.23. The molecule has 0 fully saturated rings. The highest BCUT2D eigenvalue weighted by Crippen LogP contribution is 2.31. The summed E-state index contributed by atoms with van der Waals surface area (Å²) in [6.45, 7) is 8.27. The Morgan fingerprint density at radius 1 is 0.889 bits per heavy atom. The number of ether oxygens (including phenoxy) is 2. The van der Waals surface area contributed by atoms with Gasteiger partial charge in [-0.2, -0.15) is 0 Å². The Morgan fingerprint density at radius 3 is 2.19 bits per heavy atom. The minimum absolute atomic E-state index is 0.366. The number of rotatable bonds is 13. The van der Waals surface area contributed by atoms with Gasteiger partial charge in [-0.25, -0.2) is 0 Å². The molecule has 152 valence electrons. The number of benzene rings is 1. The molecule has 1 rings (SSSR count). The van der Waals surface area contributed by atoms with Gasteiger partial charge in [-0.15, -0.1) is 0 Å². The zero-order valence-electron chi connectivity index (χ0n) is 17.5. The average molecular weight is 377 g/mol. The lowest BCUT2D eigenvalue weighted by Crippen LogP contribution is -2.42. The van der Waals surface area contributed by atoms with Gasteiger partial charge >= 0.3 is 11.9 Å². The van der Waals surface area contributed by atoms with Crippen molar-refractivity contribution in [3.8, 4) is 5.75 Å². The van der Waals surface area contributed by atoms with Crippen LogP contribution in [0.2, 0.25) is 0 Å². The average Bonchev–Trinajstić information content (AvgIpc) is 2.68. The highest BCUT2D eigenvalue weighted by molar-refractivity contribution is 6.00. The maximum atomic E-state index is 12.8. The Bertz CT molecular complexity index is 575. The van der Waals surface area contributed by atoms with Crippen molar-refractivity contribution in [1.82, 2.24) is 0 Å². The number of carbonyl (C=O) groups is 2. The highest BCUT2D eigenvalue weighted by atomic mass is 16.6. The van der Waals surface area contributed by atoms with E-state index in [0.29, 0.717) is 25.2 Å². The first-order chi connectivity index (χ1) is 13.0. The molecule has 0 atom stereocenters. The summed E-state index contributed by atoms with van der Waals surface area (Å²) < 4.78 is 11.0. The van der Waals surface area contributed by atoms with Crippen LogP contribution in [-0.2, 0) is 20.7 Å². The maximum Gasteiger partial charge on any atom is 0.328 e. The van der Waals surface area contributed by atoms with Crippen molar-refractivity contribution in [2.45, 2.75) is 85.5 Å². The van der Waals surface area contributed by atoms with Crippen LogP contribution in [0.1, 0.15) is 84.6 Å². The molecule has 4 heteroatoms. The fourth-order valence-corrected chi connectivity index (χ4v) is 3.13. The van der Waals surface area contributed by atoms with Crippen molar-refractivity contribution in [1.29, 1.82) is 0 Å². The second-order valence-corrected chi connectivity index (χ2v) is 7.08. The molecule has 4 nitrogen and oxygen atoms in total. The molecule has 0 saturated carbocycles. The van der Waals surface area contributed by atoms with Crippen LogP contribution in [0.3, 0.4) is 0 Å². The summed E-state index contributed by atoms with van der Waals surface area (Å²) in [5, 5.41) is 0. The Morgan fingerprint density at radius 2 is 1.56 bits per heavy atom. The largest absolute Gasteiger partial charge is 0.465 e. The van der Waals surface area contributed by atoms with E-state index in [2.05, 4.69) is 6.92 Å². The van der Waals surface area contributed by atoms with Gasteiger partial charge in [0.05, 0.1) is 6.61 Å². The third-order valence-corrected chi connectivity index (χ3v) is 5.24. The predicted octanol–water partition coefficient (Wildman–Crippen LogP) is 5.86. The number of esters is 2. The van der Waals surface area contributed by atoms with E-state index in [0.717, 1.165) is 31.2 Å². The first-order valence-electron chi connectivity index (χ1n) is 10.5. The van der Waals surface area contributed by atoms with E-state index in [1.54, 1.807) is 6.07 Å². The van der Waals surface area contributed by atoms with E-state index >= 15 is 0 Å². The number of carbonyl (C=O) groups excluding carboxylic acids is 2. The molecule has 0 aliphatic carbocycles. The van der Waals surface area contributed by atoms with E-state index in [9.17, 15) is 9.59 Å². The van der Waals surface area contributed by atoms with E-state index < -0.39 is 17.4 Å². The molecule has 0 radical (unpaired) electrons. The Balaban J connectivity index is 2.63. The van der Waals surface area contributed by atoms with Crippen LogP contribution in [-0.4, -0.2) is 18.5 Å². The molecule has 1 aromatic rings. The summed E-state index contributed by atoms with van der Waals surface area (Å²) in [5.74, 6) is -0.499. The van der Waals surface area contributed by atoms with Crippen molar-refractivity contribution < 1.29 is 19.1 Å². The number of hydrogen-bond acceptors (Lipinski definition) is 4. The summed E-state index contributed by atoms with van der Waals surface area (Å²) in [4.78, 5) is 25.5. The van der Waals surface area contributed by atoms with Gasteiger partial charge in [0.1, 0.15) is 5.75 Å². The fraction of sp³-hybridized carbons (Fsp3) is 0.652. The molecule has 0 aromatic heterocycles. The maximum absolute atomic E-state index is 12.8. The summed E-state index contributed by atoms with van der Waals surface area (Å²) in [6.07, 6.45) is 8.33. The fourth-order valence-electron chi connectivity index (χ4n) is 3.13. The third kappa shape index (κ3) is 7.00. The molecular formula is C23H36O4. The van der Waals surface area contributed by atoms with Gasteiger partial charge in [0.25, 0.3) is 0 Å². The van der Waals surface area contributed by atoms with Crippen LogP contribution in [0, 0.1) is 5.41 Å². The van der Waals surface area contributed by atoms with Crippen LogP contribution >= 0.6 is 0 Å². The molecule has 0 saturated heterocycles. The molecule has 0 aliphatic rings. The van der Waals surface area contributed by atoms with Gasteiger partial charge in [-0.1, -0.05) is 71.9 Å². The van der Waals surface area contributed by atoms with Crippen LogP contribution in [0.5, 0.6) is 5.75 Å². The van der Waals surface area contributed by atoms with Crippen molar-refractivity contribution in [2.75, 3.05) is 6.61 Å². The first-order valence-corrected chi connectivity index (χ1v) is 10.5. The topological polar surface area (TPSA) is 52.6 Å². The van der Waals surface area contributed by atoms with Crippen LogP contribution in [0.4, 0.5) is 0 Å². The summed E-state index contributed by atoms with van der Waals surface area (Å²) in [5.41, 5.74) is -0.144. The van der Waals surface area contributed by atoms with E-state index in [1.807, 2.05) is 39.0 Å². The molecule has 0 heterocycles. The Hall–Kier alpha value is -1.84. The van der Waals surface area contributed by atoms with Crippen LogP contribution < -0.4 is 4.74 Å². The normalized spacial score (nSPS) is 11.3. The monoisotopic (exact) mass is 376 g/mol. The number of hydrogen-bond donors (Lipinski definition) is 0. The smallest absolute Gasteiger partial charge is 0.328 e. The standard InChI is InChI=1S/C23H36O4/c1-5-9-10-11-12-13-17-26-21(24)23(7-3,8-4)22(25)27-20-16-14-15-19(6-2)18-20/h14-16,18H,5-13,17H2,1-4H3. The molecule has 0 spiro atoms. The summed E-state index contributed by atoms with van der Waals surface area (Å²) in [6, 6.07) is 7.43. The highest BCUT2D eigenvalue weighted by Gasteiger charge is 2.46. The number of aryl methyl sites for hydroxylation is 1. The van der Waals surface area contributed by atoms with Crippen LogP contribution in [0.15, 0.2) is 24.3 Å². The van der Waals surface area contributed by atoms with Gasteiger partial charge in [-0.05, 0) is 43.4 Å². The van der Waals surface area contributed by atoms with Gasteiger partial charge in [-0.3, -0.25) is 9.59 Å². The molecule has 0 N–H and O–H groups in total. The van der Waals surface area contributed by atoms with Gasteiger partial charge in [0, 0.05) is 0 Å². The quantitative estimate of drug-likeness (QED) is 0.187. The van der Waals surface area contributed by atoms with Gasteiger partial charge < -0.3 is 9.47 Å². The second kappa shape index (κ2) is 12.5. The summed E-state index contributed by atoms with van der Waals surface area (Å²) >= 11 is 0. The molecule has 0 bridgehead atoms. The lowest BCUT2D eigenvalue weighted by Gasteiger charge is -2.26. The molecule has 27 heavy (non-hydrogen) atoms. The van der Waals surface area contributed by atoms with Crippen molar-refractivity contribution >= 4 is 11.9 Å². The van der Waals surface area contributed by atoms with E-state index in [-0.39, 0.29) is 0 Å². The lowest BCUT2D eigenvalue weighted by molar-refractivity contribution is -0.168. The second-order valence-electron chi connectivity index (χ2n) is 7.08. The molecule has 0 aliphatic heterocycles.